The largest absolute Gasteiger partial charge is 0.372 e. The van der Waals surface area contributed by atoms with Gasteiger partial charge in [-0.1, -0.05) is 12.1 Å². The van der Waals surface area contributed by atoms with E-state index in [1.807, 2.05) is 30.5 Å². The van der Waals surface area contributed by atoms with Crippen LogP contribution in [0.25, 0.3) is 11.6 Å². The first-order chi connectivity index (χ1) is 10.2. The molecular weight excluding hydrogens is 278 g/mol. The molecule has 0 fully saturated rings. The lowest BCUT2D eigenvalue weighted by Crippen LogP contribution is -2.21. The third-order valence-corrected chi connectivity index (χ3v) is 4.30. The van der Waals surface area contributed by atoms with Gasteiger partial charge in [0.05, 0.1) is 5.57 Å². The molecule has 0 unspecified atom stereocenters. The van der Waals surface area contributed by atoms with E-state index in [0.29, 0.717) is 5.57 Å². The summed E-state index contributed by atoms with van der Waals surface area (Å²) in [5.41, 5.74) is 3.80. The van der Waals surface area contributed by atoms with Crippen molar-refractivity contribution in [1.82, 2.24) is 4.98 Å². The van der Waals surface area contributed by atoms with Gasteiger partial charge in [-0.05, 0) is 44.5 Å². The van der Waals surface area contributed by atoms with Gasteiger partial charge in [0, 0.05) is 29.9 Å². The van der Waals surface area contributed by atoms with E-state index in [1.54, 1.807) is 0 Å². The van der Waals surface area contributed by atoms with Gasteiger partial charge in [-0.3, -0.25) is 0 Å². The summed E-state index contributed by atoms with van der Waals surface area (Å²) in [5, 5.41) is 12.1. The number of anilines is 1. The Hall–Kier alpha value is -2.12. The highest BCUT2D eigenvalue weighted by Crippen LogP contribution is 2.22. The van der Waals surface area contributed by atoms with Crippen molar-refractivity contribution in [3.8, 4) is 6.07 Å². The van der Waals surface area contributed by atoms with Gasteiger partial charge < -0.3 is 4.90 Å². The van der Waals surface area contributed by atoms with Crippen molar-refractivity contribution < 1.29 is 0 Å². The van der Waals surface area contributed by atoms with Gasteiger partial charge in [0.25, 0.3) is 0 Å². The fourth-order valence-corrected chi connectivity index (χ4v) is 2.92. The number of benzene rings is 1. The summed E-state index contributed by atoms with van der Waals surface area (Å²) in [6, 6.07) is 10.5. The number of nitrogens with zero attached hydrogens (tertiary/aromatic N) is 3. The molecule has 0 saturated heterocycles. The van der Waals surface area contributed by atoms with Crippen LogP contribution in [0.5, 0.6) is 0 Å². The molecule has 4 heteroatoms. The lowest BCUT2D eigenvalue weighted by Gasteiger charge is -2.20. The van der Waals surface area contributed by atoms with E-state index >= 15 is 0 Å². The molecule has 2 rings (SSSR count). The zero-order chi connectivity index (χ0) is 15.2. The van der Waals surface area contributed by atoms with E-state index in [2.05, 4.69) is 41.9 Å². The molecule has 1 heterocycles. The van der Waals surface area contributed by atoms with Crippen LogP contribution in [0.15, 0.2) is 29.6 Å². The number of hydrogen-bond donors (Lipinski definition) is 0. The first-order valence-corrected chi connectivity index (χ1v) is 7.95. The molecule has 0 amide bonds. The molecule has 0 saturated carbocycles. The van der Waals surface area contributed by atoms with Crippen molar-refractivity contribution in [3.05, 3.63) is 45.9 Å². The lowest BCUT2D eigenvalue weighted by atomic mass is 10.1. The van der Waals surface area contributed by atoms with Crippen LogP contribution in [0.3, 0.4) is 0 Å². The van der Waals surface area contributed by atoms with Gasteiger partial charge in [-0.15, -0.1) is 11.3 Å². The van der Waals surface area contributed by atoms with Gasteiger partial charge >= 0.3 is 0 Å². The van der Waals surface area contributed by atoms with Gasteiger partial charge in [0.2, 0.25) is 0 Å². The van der Waals surface area contributed by atoms with Crippen LogP contribution in [0.4, 0.5) is 5.69 Å². The predicted molar refractivity (Wildman–Crippen MR) is 90.3 cm³/mol. The fraction of sp³-hybridized carbons (Fsp3) is 0.294. The molecule has 0 spiro atoms. The average molecular weight is 297 g/mol. The number of nitriles is 1. The van der Waals surface area contributed by atoms with Crippen molar-refractivity contribution in [1.29, 1.82) is 5.26 Å². The topological polar surface area (TPSA) is 39.9 Å². The number of thiazole rings is 1. The van der Waals surface area contributed by atoms with E-state index in [1.165, 1.54) is 17.0 Å². The van der Waals surface area contributed by atoms with Crippen LogP contribution in [0.1, 0.15) is 30.1 Å². The Morgan fingerprint density at radius 2 is 1.95 bits per heavy atom. The highest BCUT2D eigenvalue weighted by Gasteiger charge is 2.06. The quantitative estimate of drug-likeness (QED) is 0.770. The van der Waals surface area contributed by atoms with Crippen LogP contribution in [0.2, 0.25) is 0 Å². The molecule has 0 aliphatic rings. The zero-order valence-corrected chi connectivity index (χ0v) is 13.4. The van der Waals surface area contributed by atoms with Crippen LogP contribution in [-0.4, -0.2) is 18.1 Å². The molecule has 0 aliphatic heterocycles. The molecule has 0 atom stereocenters. The van der Waals surface area contributed by atoms with E-state index in [9.17, 15) is 5.26 Å². The van der Waals surface area contributed by atoms with Crippen molar-refractivity contribution in [2.45, 2.75) is 20.8 Å². The van der Waals surface area contributed by atoms with Gasteiger partial charge in [-0.2, -0.15) is 5.26 Å². The molecule has 0 bridgehead atoms. The second-order valence-electron chi connectivity index (χ2n) is 4.73. The molecule has 2 aromatic rings. The average Bonchev–Trinajstić information content (AvgIpc) is 2.94. The maximum Gasteiger partial charge on any atom is 0.134 e. The SMILES string of the molecule is CCN(CC)c1ccc(/C=C(\C#N)c2nc(C)cs2)cc1. The smallest absolute Gasteiger partial charge is 0.134 e. The first-order valence-electron chi connectivity index (χ1n) is 7.07. The minimum absolute atomic E-state index is 0.615. The summed E-state index contributed by atoms with van der Waals surface area (Å²) in [6.07, 6.45) is 1.89. The number of rotatable bonds is 5. The molecule has 3 nitrogen and oxygen atoms in total. The van der Waals surface area contributed by atoms with E-state index in [0.717, 1.165) is 29.4 Å². The molecule has 0 aliphatic carbocycles. The standard InChI is InChI=1S/C17H19N3S/c1-4-20(5-2)16-8-6-14(7-9-16)10-15(11-18)17-19-13(3)12-21-17/h6-10,12H,4-5H2,1-3H3/b15-10+. The molecule has 1 aromatic carbocycles. The lowest BCUT2D eigenvalue weighted by molar-refractivity contribution is 0.866. The molecule has 108 valence electrons. The van der Waals surface area contributed by atoms with Crippen molar-refractivity contribution in [3.63, 3.8) is 0 Å². The monoisotopic (exact) mass is 297 g/mol. The van der Waals surface area contributed by atoms with Crippen LogP contribution >= 0.6 is 11.3 Å². The van der Waals surface area contributed by atoms with E-state index < -0.39 is 0 Å². The Morgan fingerprint density at radius 1 is 1.29 bits per heavy atom. The van der Waals surface area contributed by atoms with Crippen molar-refractivity contribution >= 4 is 28.7 Å². The maximum atomic E-state index is 9.31. The highest BCUT2D eigenvalue weighted by molar-refractivity contribution is 7.11. The summed E-state index contributed by atoms with van der Waals surface area (Å²) < 4.78 is 0. The summed E-state index contributed by atoms with van der Waals surface area (Å²) in [5.74, 6) is 0. The molecular formula is C17H19N3S. The zero-order valence-electron chi connectivity index (χ0n) is 12.6. The Bertz CT molecular complexity index is 658. The van der Waals surface area contributed by atoms with E-state index in [4.69, 9.17) is 0 Å². The van der Waals surface area contributed by atoms with Gasteiger partial charge in [0.15, 0.2) is 0 Å². The van der Waals surface area contributed by atoms with Crippen LogP contribution < -0.4 is 4.90 Å². The molecule has 0 radical (unpaired) electrons. The molecule has 0 N–H and O–H groups in total. The normalized spacial score (nSPS) is 11.2. The Morgan fingerprint density at radius 3 is 2.43 bits per heavy atom. The van der Waals surface area contributed by atoms with Crippen LogP contribution in [0, 0.1) is 18.3 Å². The number of hydrogen-bond acceptors (Lipinski definition) is 4. The van der Waals surface area contributed by atoms with Crippen molar-refractivity contribution in [2.24, 2.45) is 0 Å². The van der Waals surface area contributed by atoms with Crippen molar-refractivity contribution in [2.75, 3.05) is 18.0 Å². The second-order valence-corrected chi connectivity index (χ2v) is 5.59. The minimum atomic E-state index is 0.615. The maximum absolute atomic E-state index is 9.31. The minimum Gasteiger partial charge on any atom is -0.372 e. The Balaban J connectivity index is 2.26. The third kappa shape index (κ3) is 3.71. The number of allylic oxidation sites excluding steroid dienone is 1. The molecule has 21 heavy (non-hydrogen) atoms. The summed E-state index contributed by atoms with van der Waals surface area (Å²) in [6.45, 7) is 8.22. The summed E-state index contributed by atoms with van der Waals surface area (Å²) >= 11 is 1.51. The first kappa shape index (κ1) is 15.3. The predicted octanol–water partition coefficient (Wildman–Crippen LogP) is 4.36. The number of aromatic nitrogens is 1. The van der Waals surface area contributed by atoms with Gasteiger partial charge in [0.1, 0.15) is 11.1 Å². The summed E-state index contributed by atoms with van der Waals surface area (Å²) in [7, 11) is 0. The highest BCUT2D eigenvalue weighted by atomic mass is 32.1. The molecule has 1 aromatic heterocycles. The Labute approximate surface area is 130 Å². The van der Waals surface area contributed by atoms with Crippen LogP contribution in [-0.2, 0) is 0 Å². The van der Waals surface area contributed by atoms with Gasteiger partial charge in [-0.25, -0.2) is 4.98 Å². The number of aryl methyl sites for hydroxylation is 1. The summed E-state index contributed by atoms with van der Waals surface area (Å²) in [4.78, 5) is 6.66. The van der Waals surface area contributed by atoms with E-state index in [-0.39, 0.29) is 0 Å². The third-order valence-electron chi connectivity index (χ3n) is 3.30. The fourth-order valence-electron chi connectivity index (χ4n) is 2.16. The second kappa shape index (κ2) is 7.05. The Kier molecular flexibility index (Phi) is 5.13.